The van der Waals surface area contributed by atoms with E-state index in [2.05, 4.69) is 14.9 Å². The molecule has 3 heterocycles. The van der Waals surface area contributed by atoms with Crippen LogP contribution in [-0.2, 0) is 11.3 Å². The number of rotatable bonds is 4. The van der Waals surface area contributed by atoms with E-state index in [0.717, 1.165) is 32.4 Å². The van der Waals surface area contributed by atoms with Gasteiger partial charge in [-0.15, -0.1) is 0 Å². The van der Waals surface area contributed by atoms with E-state index in [-0.39, 0.29) is 17.9 Å². The fourth-order valence-electron chi connectivity index (χ4n) is 4.05. The summed E-state index contributed by atoms with van der Waals surface area (Å²) < 4.78 is 0. The molecule has 2 aliphatic heterocycles. The first kappa shape index (κ1) is 16.9. The number of carbonyl (C=O) groups excluding carboxylic acids is 1. The molecule has 2 aliphatic rings. The number of carbonyl (C=O) groups is 1. The van der Waals surface area contributed by atoms with E-state index in [9.17, 15) is 14.4 Å². The summed E-state index contributed by atoms with van der Waals surface area (Å²) in [5, 5.41) is 9.15. The van der Waals surface area contributed by atoms with Gasteiger partial charge in [0, 0.05) is 49.8 Å². The van der Waals surface area contributed by atoms with E-state index in [1.807, 2.05) is 0 Å². The zero-order chi connectivity index (χ0) is 17.2. The van der Waals surface area contributed by atoms with Gasteiger partial charge in [-0.2, -0.15) is 0 Å². The van der Waals surface area contributed by atoms with Gasteiger partial charge in [0.1, 0.15) is 0 Å². The summed E-state index contributed by atoms with van der Waals surface area (Å²) in [5.74, 6) is 0.116. The fraction of sp³-hybridized carbons (Fsp3) is 0.688. The number of nitrogens with zero attached hydrogens (tertiary/aromatic N) is 2. The second-order valence-corrected chi connectivity index (χ2v) is 6.97. The van der Waals surface area contributed by atoms with Gasteiger partial charge in [-0.25, -0.2) is 4.79 Å². The highest BCUT2D eigenvalue weighted by Crippen LogP contribution is 2.39. The Morgan fingerprint density at radius 1 is 1.17 bits per heavy atom. The number of hydrogen-bond acceptors (Lipinski definition) is 5. The van der Waals surface area contributed by atoms with Crippen molar-refractivity contribution in [2.45, 2.75) is 32.2 Å². The second kappa shape index (κ2) is 6.90. The second-order valence-electron chi connectivity index (χ2n) is 6.97. The predicted molar refractivity (Wildman–Crippen MR) is 87.5 cm³/mol. The van der Waals surface area contributed by atoms with Crippen LogP contribution >= 0.6 is 0 Å². The number of amides is 1. The first-order chi connectivity index (χ1) is 11.5. The van der Waals surface area contributed by atoms with E-state index < -0.39 is 11.2 Å². The topological polar surface area (TPSA) is 110 Å². The Hall–Kier alpha value is -1.93. The first-order valence-corrected chi connectivity index (χ1v) is 8.43. The highest BCUT2D eigenvalue weighted by atomic mass is 16.3. The normalized spacial score (nSPS) is 25.4. The Bertz CT molecular complexity index is 684. The molecular formula is C16H24N4O4. The lowest BCUT2D eigenvalue weighted by atomic mass is 9.73. The zero-order valence-corrected chi connectivity index (χ0v) is 13.7. The Kier molecular flexibility index (Phi) is 4.86. The molecule has 0 saturated carbocycles. The number of H-pyrrole nitrogens is 2. The molecule has 0 unspecified atom stereocenters. The predicted octanol–water partition coefficient (Wildman–Crippen LogP) is -0.740. The SMILES string of the molecule is O=C1CC[C@]2(CCCN(Cc3cc(=O)[nH]c(=O)[nH]3)C2)CN1CCO. The third-order valence-corrected chi connectivity index (χ3v) is 5.07. The molecule has 1 aromatic rings. The lowest BCUT2D eigenvalue weighted by Gasteiger charge is -2.48. The van der Waals surface area contributed by atoms with Gasteiger partial charge in [-0.1, -0.05) is 0 Å². The Morgan fingerprint density at radius 3 is 2.75 bits per heavy atom. The minimum Gasteiger partial charge on any atom is -0.395 e. The summed E-state index contributed by atoms with van der Waals surface area (Å²) in [6.45, 7) is 3.31. The van der Waals surface area contributed by atoms with Crippen LogP contribution in [0.5, 0.6) is 0 Å². The maximum atomic E-state index is 12.0. The van der Waals surface area contributed by atoms with Gasteiger partial charge >= 0.3 is 5.69 Å². The van der Waals surface area contributed by atoms with E-state index >= 15 is 0 Å². The summed E-state index contributed by atoms with van der Waals surface area (Å²) in [5.41, 5.74) is -0.220. The number of β-amino-alcohol motifs (C(OH)–C–C–N with tert-alkyl or cyclic N) is 1. The minimum atomic E-state index is -0.485. The largest absolute Gasteiger partial charge is 0.395 e. The summed E-state index contributed by atoms with van der Waals surface area (Å²) in [7, 11) is 0. The maximum Gasteiger partial charge on any atom is 0.325 e. The van der Waals surface area contributed by atoms with Crippen molar-refractivity contribution in [2.75, 3.05) is 32.8 Å². The van der Waals surface area contributed by atoms with Gasteiger partial charge < -0.3 is 15.0 Å². The van der Waals surface area contributed by atoms with Crippen molar-refractivity contribution in [3.8, 4) is 0 Å². The highest BCUT2D eigenvalue weighted by molar-refractivity contribution is 5.77. The van der Waals surface area contributed by atoms with E-state index in [1.54, 1.807) is 4.90 Å². The van der Waals surface area contributed by atoms with Crippen molar-refractivity contribution in [3.63, 3.8) is 0 Å². The van der Waals surface area contributed by atoms with Crippen molar-refractivity contribution in [1.82, 2.24) is 19.8 Å². The standard InChI is InChI=1S/C16H24N4O4/c21-7-6-20-11-16(4-2-14(20)23)3-1-5-19(10-16)9-12-8-13(22)18-15(24)17-12/h8,21H,1-7,9-11H2,(H2,17,18,22,24)/t16-/m0/s1. The summed E-state index contributed by atoms with van der Waals surface area (Å²) in [6, 6.07) is 1.42. The van der Waals surface area contributed by atoms with Crippen LogP contribution in [0.3, 0.4) is 0 Å². The molecule has 2 fully saturated rings. The number of piperidine rings is 2. The molecule has 0 radical (unpaired) electrons. The molecule has 1 aromatic heterocycles. The summed E-state index contributed by atoms with van der Waals surface area (Å²) in [6.07, 6.45) is 3.46. The van der Waals surface area contributed by atoms with E-state index in [0.29, 0.717) is 31.7 Å². The van der Waals surface area contributed by atoms with Gasteiger partial charge in [0.25, 0.3) is 5.56 Å². The molecular weight excluding hydrogens is 312 g/mol. The van der Waals surface area contributed by atoms with Gasteiger partial charge in [0.2, 0.25) is 5.91 Å². The molecule has 0 aromatic carbocycles. The highest BCUT2D eigenvalue weighted by Gasteiger charge is 2.41. The average Bonchev–Trinajstić information content (AvgIpc) is 2.51. The quantitative estimate of drug-likeness (QED) is 0.671. The minimum absolute atomic E-state index is 0.0143. The number of nitrogens with one attached hydrogen (secondary N) is 2. The average molecular weight is 336 g/mol. The van der Waals surface area contributed by atoms with Gasteiger partial charge in [0.05, 0.1) is 6.61 Å². The lowest BCUT2D eigenvalue weighted by Crippen LogP contribution is -2.54. The number of aliphatic hydroxyl groups excluding tert-OH is 1. The zero-order valence-electron chi connectivity index (χ0n) is 13.7. The van der Waals surface area contributed by atoms with Gasteiger partial charge in [-0.05, 0) is 25.8 Å². The summed E-state index contributed by atoms with van der Waals surface area (Å²) in [4.78, 5) is 43.7. The number of likely N-dealkylation sites (tertiary alicyclic amines) is 2. The van der Waals surface area contributed by atoms with E-state index in [1.165, 1.54) is 6.07 Å². The number of aromatic nitrogens is 2. The summed E-state index contributed by atoms with van der Waals surface area (Å²) >= 11 is 0. The number of aromatic amines is 2. The third-order valence-electron chi connectivity index (χ3n) is 5.07. The number of hydrogen-bond donors (Lipinski definition) is 3. The van der Waals surface area contributed by atoms with Crippen molar-refractivity contribution in [2.24, 2.45) is 5.41 Å². The molecule has 1 amide bonds. The third kappa shape index (κ3) is 3.76. The monoisotopic (exact) mass is 336 g/mol. The maximum absolute atomic E-state index is 12.0. The first-order valence-electron chi connectivity index (χ1n) is 8.43. The van der Waals surface area contributed by atoms with Crippen LogP contribution in [0.1, 0.15) is 31.4 Å². The molecule has 1 atom stereocenters. The fourth-order valence-corrected chi connectivity index (χ4v) is 4.05. The van der Waals surface area contributed by atoms with Crippen LogP contribution in [0.4, 0.5) is 0 Å². The molecule has 1 spiro atoms. The molecule has 132 valence electrons. The van der Waals surface area contributed by atoms with Crippen LogP contribution in [0, 0.1) is 5.41 Å². The molecule has 2 saturated heterocycles. The van der Waals surface area contributed by atoms with Crippen molar-refractivity contribution >= 4 is 5.91 Å². The van der Waals surface area contributed by atoms with Crippen molar-refractivity contribution in [3.05, 3.63) is 32.6 Å². The van der Waals surface area contributed by atoms with Crippen LogP contribution in [0.25, 0.3) is 0 Å². The molecule has 8 nitrogen and oxygen atoms in total. The lowest BCUT2D eigenvalue weighted by molar-refractivity contribution is -0.140. The number of aliphatic hydroxyl groups is 1. The van der Waals surface area contributed by atoms with Crippen LogP contribution in [0.2, 0.25) is 0 Å². The molecule has 0 aliphatic carbocycles. The molecule has 24 heavy (non-hydrogen) atoms. The Balaban J connectivity index is 1.70. The smallest absolute Gasteiger partial charge is 0.325 e. The molecule has 3 rings (SSSR count). The molecule has 0 bridgehead atoms. The van der Waals surface area contributed by atoms with Crippen LogP contribution in [-0.4, -0.2) is 63.6 Å². The van der Waals surface area contributed by atoms with Gasteiger partial charge in [-0.3, -0.25) is 19.5 Å². The Morgan fingerprint density at radius 2 is 2.00 bits per heavy atom. The van der Waals surface area contributed by atoms with Crippen LogP contribution < -0.4 is 11.2 Å². The van der Waals surface area contributed by atoms with E-state index in [4.69, 9.17) is 5.11 Å². The Labute approximate surface area is 139 Å². The van der Waals surface area contributed by atoms with Gasteiger partial charge in [0.15, 0.2) is 0 Å². The van der Waals surface area contributed by atoms with Crippen molar-refractivity contribution in [1.29, 1.82) is 0 Å². The molecule has 8 heteroatoms. The molecule has 3 N–H and O–H groups in total. The van der Waals surface area contributed by atoms with Crippen molar-refractivity contribution < 1.29 is 9.90 Å². The van der Waals surface area contributed by atoms with Crippen LogP contribution in [0.15, 0.2) is 15.7 Å².